The fourth-order valence-corrected chi connectivity index (χ4v) is 3.55. The molecule has 0 saturated carbocycles. The number of benzene rings is 1. The van der Waals surface area contributed by atoms with E-state index in [0.29, 0.717) is 11.5 Å². The summed E-state index contributed by atoms with van der Waals surface area (Å²) in [5.74, 6) is 0.531. The van der Waals surface area contributed by atoms with Gasteiger partial charge in [0.1, 0.15) is 0 Å². The van der Waals surface area contributed by atoms with E-state index in [1.165, 1.54) is 0 Å². The number of carbonyl (C=O) groups is 1. The van der Waals surface area contributed by atoms with Crippen molar-refractivity contribution in [1.29, 1.82) is 0 Å². The standard InChI is InChI=1S/C22H29N3O2/c1-17-5-3-6-21(24-17)19-7-9-20(10-8-19)22(26)23-15-18-11-13-25(16-18)12-4-14-27-2/h3,5-10,18H,4,11-16H2,1-2H3,(H,23,26). The van der Waals surface area contributed by atoms with Crippen LogP contribution in [0.25, 0.3) is 11.3 Å². The average molecular weight is 367 g/mol. The molecule has 1 unspecified atom stereocenters. The number of nitrogens with zero attached hydrogens (tertiary/aromatic N) is 2. The predicted molar refractivity (Wildman–Crippen MR) is 108 cm³/mol. The van der Waals surface area contributed by atoms with Crippen LogP contribution in [0.3, 0.4) is 0 Å². The van der Waals surface area contributed by atoms with E-state index in [2.05, 4.69) is 15.2 Å². The fraction of sp³-hybridized carbons (Fsp3) is 0.455. The molecule has 1 fully saturated rings. The number of hydrogen-bond acceptors (Lipinski definition) is 4. The molecule has 1 amide bonds. The molecule has 2 aromatic rings. The topological polar surface area (TPSA) is 54.5 Å². The smallest absolute Gasteiger partial charge is 0.251 e. The highest BCUT2D eigenvalue weighted by atomic mass is 16.5. The molecule has 0 radical (unpaired) electrons. The third-order valence-corrected chi connectivity index (χ3v) is 5.08. The Morgan fingerprint density at radius 2 is 2.07 bits per heavy atom. The van der Waals surface area contributed by atoms with Gasteiger partial charge in [0.05, 0.1) is 5.69 Å². The molecule has 1 saturated heterocycles. The van der Waals surface area contributed by atoms with Crippen molar-refractivity contribution in [3.05, 3.63) is 53.7 Å². The maximum Gasteiger partial charge on any atom is 0.251 e. The van der Waals surface area contributed by atoms with Crippen LogP contribution in [0.1, 0.15) is 28.9 Å². The van der Waals surface area contributed by atoms with E-state index < -0.39 is 0 Å². The van der Waals surface area contributed by atoms with Crippen LogP contribution < -0.4 is 5.32 Å². The Balaban J connectivity index is 1.47. The summed E-state index contributed by atoms with van der Waals surface area (Å²) in [7, 11) is 1.74. The molecule has 27 heavy (non-hydrogen) atoms. The first-order valence-corrected chi connectivity index (χ1v) is 9.69. The van der Waals surface area contributed by atoms with Gasteiger partial charge in [-0.25, -0.2) is 0 Å². The maximum absolute atomic E-state index is 12.4. The lowest BCUT2D eigenvalue weighted by atomic mass is 10.1. The summed E-state index contributed by atoms with van der Waals surface area (Å²) in [6, 6.07) is 13.6. The van der Waals surface area contributed by atoms with Crippen molar-refractivity contribution in [1.82, 2.24) is 15.2 Å². The summed E-state index contributed by atoms with van der Waals surface area (Å²) in [4.78, 5) is 19.4. The van der Waals surface area contributed by atoms with Crippen molar-refractivity contribution in [2.45, 2.75) is 19.8 Å². The Labute approximate surface area is 161 Å². The van der Waals surface area contributed by atoms with Crippen LogP contribution in [0.4, 0.5) is 0 Å². The zero-order chi connectivity index (χ0) is 19.1. The Hall–Kier alpha value is -2.24. The molecule has 5 nitrogen and oxygen atoms in total. The van der Waals surface area contributed by atoms with E-state index in [-0.39, 0.29) is 5.91 Å². The van der Waals surface area contributed by atoms with Crippen molar-refractivity contribution < 1.29 is 9.53 Å². The number of carbonyl (C=O) groups excluding carboxylic acids is 1. The second-order valence-corrected chi connectivity index (χ2v) is 7.25. The second-order valence-electron chi connectivity index (χ2n) is 7.25. The number of nitrogens with one attached hydrogen (secondary N) is 1. The number of amides is 1. The number of hydrogen-bond donors (Lipinski definition) is 1. The molecule has 0 bridgehead atoms. The zero-order valence-electron chi connectivity index (χ0n) is 16.3. The Bertz CT molecular complexity index is 745. The quantitative estimate of drug-likeness (QED) is 0.728. The van der Waals surface area contributed by atoms with Crippen LogP contribution in [0.2, 0.25) is 0 Å². The number of rotatable bonds is 8. The molecule has 1 aliphatic heterocycles. The number of pyridine rings is 1. The van der Waals surface area contributed by atoms with Gasteiger partial charge in [0.2, 0.25) is 0 Å². The summed E-state index contributed by atoms with van der Waals surface area (Å²) >= 11 is 0. The monoisotopic (exact) mass is 367 g/mol. The first-order valence-electron chi connectivity index (χ1n) is 9.69. The highest BCUT2D eigenvalue weighted by Gasteiger charge is 2.22. The third kappa shape index (κ3) is 5.62. The molecule has 3 rings (SSSR count). The molecule has 1 aromatic heterocycles. The van der Waals surface area contributed by atoms with Crippen molar-refractivity contribution in [3.8, 4) is 11.3 Å². The van der Waals surface area contributed by atoms with Gasteiger partial charge in [0, 0.05) is 50.2 Å². The van der Waals surface area contributed by atoms with Crippen LogP contribution >= 0.6 is 0 Å². The van der Waals surface area contributed by atoms with E-state index in [9.17, 15) is 4.79 Å². The summed E-state index contributed by atoms with van der Waals surface area (Å²) < 4.78 is 5.11. The number of aromatic nitrogens is 1. The van der Waals surface area contributed by atoms with Crippen molar-refractivity contribution in [2.24, 2.45) is 5.92 Å². The molecular formula is C22H29N3O2. The van der Waals surface area contributed by atoms with E-state index in [4.69, 9.17) is 4.74 Å². The number of ether oxygens (including phenoxy) is 1. The fourth-order valence-electron chi connectivity index (χ4n) is 3.55. The molecule has 0 spiro atoms. The molecular weight excluding hydrogens is 338 g/mol. The van der Waals surface area contributed by atoms with Crippen molar-refractivity contribution >= 4 is 5.91 Å². The largest absolute Gasteiger partial charge is 0.385 e. The summed E-state index contributed by atoms with van der Waals surface area (Å²) in [6.45, 7) is 6.77. The lowest BCUT2D eigenvalue weighted by Crippen LogP contribution is -2.31. The minimum absolute atomic E-state index is 0.00316. The lowest BCUT2D eigenvalue weighted by Gasteiger charge is -2.16. The highest BCUT2D eigenvalue weighted by Crippen LogP contribution is 2.19. The lowest BCUT2D eigenvalue weighted by molar-refractivity contribution is 0.0947. The summed E-state index contributed by atoms with van der Waals surface area (Å²) in [5.41, 5.74) is 3.64. The van der Waals surface area contributed by atoms with Gasteiger partial charge in [0.15, 0.2) is 0 Å². The number of likely N-dealkylation sites (tertiary alicyclic amines) is 1. The summed E-state index contributed by atoms with van der Waals surface area (Å²) in [6.07, 6.45) is 2.21. The van der Waals surface area contributed by atoms with E-state index in [1.807, 2.05) is 49.4 Å². The van der Waals surface area contributed by atoms with Crippen LogP contribution in [-0.2, 0) is 4.74 Å². The summed E-state index contributed by atoms with van der Waals surface area (Å²) in [5, 5.41) is 3.09. The maximum atomic E-state index is 12.4. The van der Waals surface area contributed by atoms with Gasteiger partial charge in [-0.05, 0) is 56.5 Å². The minimum Gasteiger partial charge on any atom is -0.385 e. The minimum atomic E-state index is -0.00316. The van der Waals surface area contributed by atoms with Gasteiger partial charge in [0.25, 0.3) is 5.91 Å². The van der Waals surface area contributed by atoms with E-state index in [1.54, 1.807) is 7.11 Å². The van der Waals surface area contributed by atoms with E-state index in [0.717, 1.165) is 62.6 Å². The van der Waals surface area contributed by atoms with Gasteiger partial charge in [-0.1, -0.05) is 18.2 Å². The van der Waals surface area contributed by atoms with Gasteiger partial charge in [-0.15, -0.1) is 0 Å². The van der Waals surface area contributed by atoms with Gasteiger partial charge in [-0.3, -0.25) is 9.78 Å². The van der Waals surface area contributed by atoms with Gasteiger partial charge >= 0.3 is 0 Å². The zero-order valence-corrected chi connectivity index (χ0v) is 16.3. The number of aryl methyl sites for hydroxylation is 1. The second kappa shape index (κ2) is 9.62. The molecule has 144 valence electrons. The van der Waals surface area contributed by atoms with Crippen LogP contribution in [0, 0.1) is 12.8 Å². The van der Waals surface area contributed by atoms with Crippen molar-refractivity contribution in [3.63, 3.8) is 0 Å². The molecule has 5 heteroatoms. The van der Waals surface area contributed by atoms with E-state index >= 15 is 0 Å². The molecule has 1 atom stereocenters. The van der Waals surface area contributed by atoms with Gasteiger partial charge in [-0.2, -0.15) is 0 Å². The first kappa shape index (κ1) is 19.5. The normalized spacial score (nSPS) is 17.2. The molecule has 1 aliphatic rings. The predicted octanol–water partition coefficient (Wildman–Crippen LogP) is 3.15. The van der Waals surface area contributed by atoms with Crippen LogP contribution in [-0.4, -0.2) is 55.7 Å². The molecule has 1 aromatic carbocycles. The SMILES string of the molecule is COCCCN1CCC(CNC(=O)c2ccc(-c3cccc(C)n3)cc2)C1. The van der Waals surface area contributed by atoms with Crippen molar-refractivity contribution in [2.75, 3.05) is 39.9 Å². The Kier molecular flexibility index (Phi) is 6.96. The average Bonchev–Trinajstić information content (AvgIpc) is 3.14. The van der Waals surface area contributed by atoms with Gasteiger partial charge < -0.3 is 15.0 Å². The Morgan fingerprint density at radius 3 is 2.81 bits per heavy atom. The molecule has 1 N–H and O–H groups in total. The Morgan fingerprint density at radius 1 is 1.26 bits per heavy atom. The van der Waals surface area contributed by atoms with Crippen LogP contribution in [0.5, 0.6) is 0 Å². The van der Waals surface area contributed by atoms with Crippen LogP contribution in [0.15, 0.2) is 42.5 Å². The molecule has 0 aliphatic carbocycles. The highest BCUT2D eigenvalue weighted by molar-refractivity contribution is 5.94. The third-order valence-electron chi connectivity index (χ3n) is 5.08. The number of methoxy groups -OCH3 is 1. The molecule has 2 heterocycles. The first-order chi connectivity index (χ1) is 13.2.